The first kappa shape index (κ1) is 12.4. The fraction of sp³-hybridized carbons (Fsp3) is 0.273. The molecular formula is C11H15N3OS. The van der Waals surface area contributed by atoms with Crippen molar-refractivity contribution < 1.29 is 5.11 Å². The smallest absolute Gasteiger partial charge is 0.186 e. The van der Waals surface area contributed by atoms with E-state index in [1.807, 2.05) is 13.0 Å². The van der Waals surface area contributed by atoms with E-state index in [2.05, 4.69) is 15.8 Å². The Morgan fingerprint density at radius 2 is 2.12 bits per heavy atom. The van der Waals surface area contributed by atoms with Gasteiger partial charge in [0, 0.05) is 12.1 Å². The normalized spacial score (nSPS) is 11.0. The van der Waals surface area contributed by atoms with Crippen molar-refractivity contribution in [2.24, 2.45) is 5.10 Å². The molecule has 1 rings (SSSR count). The third kappa shape index (κ3) is 3.51. The molecule has 0 fully saturated rings. The second-order valence-electron chi connectivity index (χ2n) is 3.19. The minimum atomic E-state index is 0.208. The molecule has 16 heavy (non-hydrogen) atoms. The van der Waals surface area contributed by atoms with Crippen LogP contribution in [0.1, 0.15) is 19.4 Å². The summed E-state index contributed by atoms with van der Waals surface area (Å²) < 4.78 is 0. The molecule has 0 bridgehead atoms. The number of hydrogen-bond donors (Lipinski definition) is 3. The maximum Gasteiger partial charge on any atom is 0.186 e. The Morgan fingerprint density at radius 3 is 2.75 bits per heavy atom. The number of phenols is 1. The van der Waals surface area contributed by atoms with Crippen LogP contribution >= 0.6 is 12.2 Å². The number of nitrogens with zero attached hydrogens (tertiary/aromatic N) is 1. The number of rotatable bonds is 3. The molecule has 0 unspecified atom stereocenters. The van der Waals surface area contributed by atoms with E-state index in [4.69, 9.17) is 12.2 Å². The molecule has 0 aliphatic carbocycles. The fourth-order valence-corrected chi connectivity index (χ4v) is 1.36. The highest BCUT2D eigenvalue weighted by atomic mass is 32.1. The number of benzene rings is 1. The molecule has 0 saturated heterocycles. The predicted octanol–water partition coefficient (Wildman–Crippen LogP) is 1.60. The van der Waals surface area contributed by atoms with E-state index >= 15 is 0 Å². The molecule has 4 nitrogen and oxygen atoms in total. The minimum Gasteiger partial charge on any atom is -0.507 e. The summed E-state index contributed by atoms with van der Waals surface area (Å²) in [5.41, 5.74) is 4.07. The molecule has 0 aromatic heterocycles. The van der Waals surface area contributed by atoms with Gasteiger partial charge in [-0.2, -0.15) is 5.10 Å². The van der Waals surface area contributed by atoms with Gasteiger partial charge < -0.3 is 10.4 Å². The van der Waals surface area contributed by atoms with Gasteiger partial charge in [0.15, 0.2) is 5.11 Å². The van der Waals surface area contributed by atoms with Gasteiger partial charge in [-0.1, -0.05) is 12.1 Å². The van der Waals surface area contributed by atoms with Crippen LogP contribution in [-0.4, -0.2) is 22.5 Å². The molecule has 0 atom stereocenters. The van der Waals surface area contributed by atoms with Gasteiger partial charge in [-0.15, -0.1) is 0 Å². The second kappa shape index (κ2) is 6.07. The minimum absolute atomic E-state index is 0.208. The Labute approximate surface area is 100 Å². The summed E-state index contributed by atoms with van der Waals surface area (Å²) >= 11 is 4.96. The van der Waals surface area contributed by atoms with Gasteiger partial charge >= 0.3 is 0 Å². The van der Waals surface area contributed by atoms with Gasteiger partial charge in [0.05, 0.1) is 5.71 Å². The molecule has 3 N–H and O–H groups in total. The van der Waals surface area contributed by atoms with Gasteiger partial charge in [-0.25, -0.2) is 0 Å². The number of phenolic OH excluding ortho intramolecular Hbond substituents is 1. The van der Waals surface area contributed by atoms with Crippen LogP contribution in [-0.2, 0) is 0 Å². The first-order valence-corrected chi connectivity index (χ1v) is 5.42. The first-order chi connectivity index (χ1) is 7.65. The number of aromatic hydroxyl groups is 1. The summed E-state index contributed by atoms with van der Waals surface area (Å²) in [5.74, 6) is 0.208. The zero-order valence-corrected chi connectivity index (χ0v) is 10.1. The Kier molecular flexibility index (Phi) is 4.72. The standard InChI is InChI=1S/C11H15N3OS/c1-3-12-11(16)14-13-8(2)9-6-4-5-7-10(9)15/h4-7,15H,3H2,1-2H3,(H2,12,14,16)/b13-8-. The van der Waals surface area contributed by atoms with Crippen molar-refractivity contribution in [3.8, 4) is 5.75 Å². The van der Waals surface area contributed by atoms with Crippen LogP contribution in [0.4, 0.5) is 0 Å². The van der Waals surface area contributed by atoms with E-state index in [-0.39, 0.29) is 5.75 Å². The average molecular weight is 237 g/mol. The lowest BCUT2D eigenvalue weighted by Gasteiger charge is -2.06. The Morgan fingerprint density at radius 1 is 1.44 bits per heavy atom. The maximum absolute atomic E-state index is 9.59. The largest absolute Gasteiger partial charge is 0.507 e. The van der Waals surface area contributed by atoms with Crippen LogP contribution in [0, 0.1) is 0 Å². The molecule has 0 spiro atoms. The molecular weight excluding hydrogens is 222 g/mol. The van der Waals surface area contributed by atoms with Crippen LogP contribution in [0.3, 0.4) is 0 Å². The zero-order chi connectivity index (χ0) is 12.0. The number of nitrogens with one attached hydrogen (secondary N) is 2. The van der Waals surface area contributed by atoms with Crippen molar-refractivity contribution in [2.45, 2.75) is 13.8 Å². The lowest BCUT2D eigenvalue weighted by Crippen LogP contribution is -2.32. The molecule has 86 valence electrons. The zero-order valence-electron chi connectivity index (χ0n) is 9.32. The lowest BCUT2D eigenvalue weighted by atomic mass is 10.1. The maximum atomic E-state index is 9.59. The third-order valence-electron chi connectivity index (χ3n) is 1.96. The third-order valence-corrected chi connectivity index (χ3v) is 2.19. The van der Waals surface area contributed by atoms with E-state index < -0.39 is 0 Å². The van der Waals surface area contributed by atoms with Gasteiger partial charge in [0.2, 0.25) is 0 Å². The van der Waals surface area contributed by atoms with Crippen molar-refractivity contribution in [2.75, 3.05) is 6.54 Å². The number of hydrogen-bond acceptors (Lipinski definition) is 3. The Balaban J connectivity index is 2.71. The highest BCUT2D eigenvalue weighted by Gasteiger charge is 2.02. The van der Waals surface area contributed by atoms with E-state index in [1.54, 1.807) is 25.1 Å². The van der Waals surface area contributed by atoms with E-state index in [9.17, 15) is 5.11 Å². The highest BCUT2D eigenvalue weighted by molar-refractivity contribution is 7.80. The summed E-state index contributed by atoms with van der Waals surface area (Å²) in [5, 5.41) is 17.1. The monoisotopic (exact) mass is 237 g/mol. The molecule has 0 aliphatic rings. The molecule has 0 aliphatic heterocycles. The molecule has 0 amide bonds. The topological polar surface area (TPSA) is 56.7 Å². The molecule has 5 heteroatoms. The Hall–Kier alpha value is -1.62. The lowest BCUT2D eigenvalue weighted by molar-refractivity contribution is 0.474. The fourth-order valence-electron chi connectivity index (χ4n) is 1.17. The number of thiocarbonyl (C=S) groups is 1. The van der Waals surface area contributed by atoms with E-state index in [0.717, 1.165) is 6.54 Å². The van der Waals surface area contributed by atoms with E-state index in [0.29, 0.717) is 16.4 Å². The van der Waals surface area contributed by atoms with Crippen LogP contribution in [0.5, 0.6) is 5.75 Å². The molecule has 0 saturated carbocycles. The van der Waals surface area contributed by atoms with Crippen molar-refractivity contribution in [1.82, 2.24) is 10.7 Å². The summed E-state index contributed by atoms with van der Waals surface area (Å²) in [6.07, 6.45) is 0. The van der Waals surface area contributed by atoms with Crippen molar-refractivity contribution >= 4 is 23.0 Å². The van der Waals surface area contributed by atoms with Crippen LogP contribution < -0.4 is 10.7 Å². The quantitative estimate of drug-likeness (QED) is 0.424. The second-order valence-corrected chi connectivity index (χ2v) is 3.59. The average Bonchev–Trinajstić information content (AvgIpc) is 2.27. The van der Waals surface area contributed by atoms with Crippen LogP contribution in [0.25, 0.3) is 0 Å². The van der Waals surface area contributed by atoms with Gasteiger partial charge in [-0.3, -0.25) is 5.43 Å². The molecule has 1 aromatic rings. The summed E-state index contributed by atoms with van der Waals surface area (Å²) in [7, 11) is 0. The van der Waals surface area contributed by atoms with Crippen LogP contribution in [0.15, 0.2) is 29.4 Å². The predicted molar refractivity (Wildman–Crippen MR) is 69.7 cm³/mol. The van der Waals surface area contributed by atoms with Gasteiger partial charge in [0.1, 0.15) is 5.75 Å². The van der Waals surface area contributed by atoms with Crippen molar-refractivity contribution in [1.29, 1.82) is 0 Å². The number of para-hydroxylation sites is 1. The summed E-state index contributed by atoms with van der Waals surface area (Å²) in [6, 6.07) is 7.03. The Bertz CT molecular complexity index is 404. The molecule has 0 heterocycles. The summed E-state index contributed by atoms with van der Waals surface area (Å²) in [4.78, 5) is 0. The van der Waals surface area contributed by atoms with Crippen molar-refractivity contribution in [3.63, 3.8) is 0 Å². The number of hydrazone groups is 1. The molecule has 0 radical (unpaired) electrons. The van der Waals surface area contributed by atoms with Gasteiger partial charge in [0.25, 0.3) is 0 Å². The van der Waals surface area contributed by atoms with Crippen LogP contribution in [0.2, 0.25) is 0 Å². The first-order valence-electron chi connectivity index (χ1n) is 5.01. The van der Waals surface area contributed by atoms with Crippen molar-refractivity contribution in [3.05, 3.63) is 29.8 Å². The van der Waals surface area contributed by atoms with E-state index in [1.165, 1.54) is 0 Å². The van der Waals surface area contributed by atoms with Gasteiger partial charge in [-0.05, 0) is 38.2 Å². The molecule has 1 aromatic carbocycles. The SMILES string of the molecule is CCNC(=S)N/N=C(/C)c1ccccc1O. The highest BCUT2D eigenvalue weighted by Crippen LogP contribution is 2.15. The summed E-state index contributed by atoms with van der Waals surface area (Å²) in [6.45, 7) is 4.50.